The molecule has 1 rings (SSSR count). The maximum absolute atomic E-state index is 12.5. The van der Waals surface area contributed by atoms with Crippen LogP contribution in [0.5, 0.6) is 0 Å². The quantitative estimate of drug-likeness (QED) is 0.653. The van der Waals surface area contributed by atoms with Crippen molar-refractivity contribution in [3.63, 3.8) is 0 Å². The van der Waals surface area contributed by atoms with Crippen molar-refractivity contribution in [2.24, 2.45) is 0 Å². The Labute approximate surface area is 129 Å². The largest absolute Gasteiger partial charge is 0.313 e. The zero-order valence-electron chi connectivity index (χ0n) is 13.4. The number of nitrogens with one attached hydrogen (secondary N) is 2. The van der Waals surface area contributed by atoms with Crippen molar-refractivity contribution >= 4 is 10.0 Å². The van der Waals surface area contributed by atoms with Gasteiger partial charge in [-0.1, -0.05) is 45.7 Å². The van der Waals surface area contributed by atoms with Gasteiger partial charge >= 0.3 is 0 Å². The molecule has 0 amide bonds. The van der Waals surface area contributed by atoms with E-state index in [0.717, 1.165) is 36.9 Å². The number of benzene rings is 1. The summed E-state index contributed by atoms with van der Waals surface area (Å²) in [5, 5.41) is 3.23. The van der Waals surface area contributed by atoms with E-state index in [9.17, 15) is 8.42 Å². The van der Waals surface area contributed by atoms with Gasteiger partial charge in [0.25, 0.3) is 0 Å². The molecule has 0 atom stereocenters. The second-order valence-electron chi connectivity index (χ2n) is 5.18. The molecule has 1 aromatic rings. The normalized spacial score (nSPS) is 11.8. The van der Waals surface area contributed by atoms with Gasteiger partial charge in [-0.25, -0.2) is 13.1 Å². The molecule has 1 aromatic carbocycles. The molecule has 5 heteroatoms. The van der Waals surface area contributed by atoms with E-state index in [1.807, 2.05) is 26.0 Å². The molecule has 0 fully saturated rings. The first-order chi connectivity index (χ1) is 10.0. The summed E-state index contributed by atoms with van der Waals surface area (Å²) >= 11 is 0. The fourth-order valence-electron chi connectivity index (χ4n) is 2.18. The van der Waals surface area contributed by atoms with Crippen molar-refractivity contribution in [3.8, 4) is 0 Å². The number of hydrogen-bond donors (Lipinski definition) is 2. The predicted octanol–water partition coefficient (Wildman–Crippen LogP) is 2.83. The van der Waals surface area contributed by atoms with Gasteiger partial charge in [0.15, 0.2) is 0 Å². The highest BCUT2D eigenvalue weighted by atomic mass is 32.2. The van der Waals surface area contributed by atoms with E-state index in [1.165, 1.54) is 0 Å². The van der Waals surface area contributed by atoms with Gasteiger partial charge in [-0.3, -0.25) is 0 Å². The Kier molecular flexibility index (Phi) is 7.93. The number of unbranched alkanes of at least 4 members (excludes halogenated alkanes) is 2. The number of rotatable bonds is 10. The van der Waals surface area contributed by atoms with Crippen LogP contribution in [-0.4, -0.2) is 21.5 Å². The fraction of sp³-hybridized carbons (Fsp3) is 0.625. The lowest BCUT2D eigenvalue weighted by Gasteiger charge is -2.12. The van der Waals surface area contributed by atoms with Crippen LogP contribution in [0.4, 0.5) is 0 Å². The predicted molar refractivity (Wildman–Crippen MR) is 87.9 cm³/mol. The summed E-state index contributed by atoms with van der Waals surface area (Å²) in [5.41, 5.74) is 1.88. The SMILES string of the molecule is CCCCCNS(=O)(=O)c1cc(CNCC)ccc1CC. The summed E-state index contributed by atoms with van der Waals surface area (Å²) in [6.45, 7) is 8.19. The fourth-order valence-corrected chi connectivity index (χ4v) is 3.61. The Hall–Kier alpha value is -0.910. The molecule has 4 nitrogen and oxygen atoms in total. The van der Waals surface area contributed by atoms with Crippen LogP contribution in [0.25, 0.3) is 0 Å². The van der Waals surface area contributed by atoms with Crippen molar-refractivity contribution < 1.29 is 8.42 Å². The highest BCUT2D eigenvalue weighted by molar-refractivity contribution is 7.89. The van der Waals surface area contributed by atoms with Crippen LogP contribution in [0.15, 0.2) is 23.1 Å². The van der Waals surface area contributed by atoms with Crippen molar-refractivity contribution in [1.82, 2.24) is 10.0 Å². The molecule has 120 valence electrons. The van der Waals surface area contributed by atoms with Gasteiger partial charge < -0.3 is 5.32 Å². The van der Waals surface area contributed by atoms with Crippen LogP contribution in [0.3, 0.4) is 0 Å². The van der Waals surface area contributed by atoms with Gasteiger partial charge in [0.2, 0.25) is 10.0 Å². The zero-order valence-corrected chi connectivity index (χ0v) is 14.2. The minimum atomic E-state index is -3.41. The number of sulfonamides is 1. The summed E-state index contributed by atoms with van der Waals surface area (Å²) < 4.78 is 27.7. The van der Waals surface area contributed by atoms with Gasteiger partial charge in [-0.15, -0.1) is 0 Å². The van der Waals surface area contributed by atoms with E-state index in [0.29, 0.717) is 24.4 Å². The summed E-state index contributed by atoms with van der Waals surface area (Å²) in [6.07, 6.45) is 3.73. The molecule has 0 aromatic heterocycles. The van der Waals surface area contributed by atoms with Crippen LogP contribution in [0, 0.1) is 0 Å². The Balaban J connectivity index is 2.90. The molecule has 2 N–H and O–H groups in total. The Morgan fingerprint density at radius 1 is 1.10 bits per heavy atom. The van der Waals surface area contributed by atoms with Gasteiger partial charge in [-0.2, -0.15) is 0 Å². The second kappa shape index (κ2) is 9.18. The van der Waals surface area contributed by atoms with E-state index in [1.54, 1.807) is 6.07 Å². The summed E-state index contributed by atoms with van der Waals surface area (Å²) in [6, 6.07) is 5.72. The molecule has 0 saturated heterocycles. The van der Waals surface area contributed by atoms with E-state index in [2.05, 4.69) is 17.0 Å². The number of aryl methyl sites for hydroxylation is 1. The molecule has 0 aliphatic rings. The van der Waals surface area contributed by atoms with E-state index < -0.39 is 10.0 Å². The second-order valence-corrected chi connectivity index (χ2v) is 6.92. The Morgan fingerprint density at radius 2 is 1.86 bits per heavy atom. The molecule has 0 bridgehead atoms. The molecule has 0 heterocycles. The Bertz CT molecular complexity index is 527. The topological polar surface area (TPSA) is 58.2 Å². The lowest BCUT2D eigenvalue weighted by Crippen LogP contribution is -2.26. The van der Waals surface area contributed by atoms with Crippen molar-refractivity contribution in [1.29, 1.82) is 0 Å². The van der Waals surface area contributed by atoms with Crippen molar-refractivity contribution in [2.75, 3.05) is 13.1 Å². The third kappa shape index (κ3) is 5.77. The average Bonchev–Trinajstić information content (AvgIpc) is 2.49. The van der Waals surface area contributed by atoms with Crippen LogP contribution in [0.2, 0.25) is 0 Å². The van der Waals surface area contributed by atoms with Crippen LogP contribution in [-0.2, 0) is 23.0 Å². The highest BCUT2D eigenvalue weighted by Crippen LogP contribution is 2.18. The van der Waals surface area contributed by atoms with E-state index in [4.69, 9.17) is 0 Å². The first-order valence-electron chi connectivity index (χ1n) is 7.87. The van der Waals surface area contributed by atoms with Gasteiger partial charge in [-0.05, 0) is 36.6 Å². The average molecular weight is 312 g/mol. The third-order valence-corrected chi connectivity index (χ3v) is 5.00. The highest BCUT2D eigenvalue weighted by Gasteiger charge is 2.17. The standard InChI is InChI=1S/C16H28N2O2S/c1-4-7-8-11-18-21(19,20)16-12-14(13-17-6-3)9-10-15(16)5-2/h9-10,12,17-18H,4-8,11,13H2,1-3H3. The number of hydrogen-bond acceptors (Lipinski definition) is 3. The van der Waals surface area contributed by atoms with Gasteiger partial charge in [0, 0.05) is 13.1 Å². The maximum atomic E-state index is 12.5. The smallest absolute Gasteiger partial charge is 0.240 e. The summed E-state index contributed by atoms with van der Waals surface area (Å²) in [5.74, 6) is 0. The van der Waals surface area contributed by atoms with Crippen LogP contribution in [0.1, 0.15) is 51.2 Å². The van der Waals surface area contributed by atoms with Crippen molar-refractivity contribution in [2.45, 2.75) is 57.9 Å². The monoisotopic (exact) mass is 312 g/mol. The van der Waals surface area contributed by atoms with E-state index in [-0.39, 0.29) is 0 Å². The molecular formula is C16H28N2O2S. The molecular weight excluding hydrogens is 284 g/mol. The molecule has 0 saturated carbocycles. The van der Waals surface area contributed by atoms with Gasteiger partial charge in [0.1, 0.15) is 0 Å². The van der Waals surface area contributed by atoms with Crippen molar-refractivity contribution in [3.05, 3.63) is 29.3 Å². The molecule has 0 aliphatic carbocycles. The minimum Gasteiger partial charge on any atom is -0.313 e. The zero-order chi connectivity index (χ0) is 15.7. The maximum Gasteiger partial charge on any atom is 0.240 e. The first-order valence-corrected chi connectivity index (χ1v) is 9.35. The first kappa shape index (κ1) is 18.1. The molecule has 0 radical (unpaired) electrons. The van der Waals surface area contributed by atoms with Crippen LogP contribution >= 0.6 is 0 Å². The Morgan fingerprint density at radius 3 is 2.48 bits per heavy atom. The third-order valence-electron chi connectivity index (χ3n) is 3.45. The summed E-state index contributed by atoms with van der Waals surface area (Å²) in [4.78, 5) is 0.428. The minimum absolute atomic E-state index is 0.428. The lowest BCUT2D eigenvalue weighted by atomic mass is 10.1. The molecule has 0 aliphatic heterocycles. The molecule has 0 spiro atoms. The molecule has 21 heavy (non-hydrogen) atoms. The lowest BCUT2D eigenvalue weighted by molar-refractivity contribution is 0.574. The summed E-state index contributed by atoms with van der Waals surface area (Å²) in [7, 11) is -3.41. The van der Waals surface area contributed by atoms with Gasteiger partial charge in [0.05, 0.1) is 4.90 Å². The molecule has 0 unspecified atom stereocenters. The van der Waals surface area contributed by atoms with E-state index >= 15 is 0 Å². The van der Waals surface area contributed by atoms with Crippen LogP contribution < -0.4 is 10.0 Å².